The molecule has 0 spiro atoms. The van der Waals surface area contributed by atoms with Crippen molar-refractivity contribution < 1.29 is 19.2 Å². The van der Waals surface area contributed by atoms with Gasteiger partial charge in [0.05, 0.1) is 7.11 Å². The average molecular weight is 344 g/mol. The molecular weight excluding hydrogens is 324 g/mol. The number of hydrogen-bond acceptors (Lipinski definition) is 6. The average Bonchev–Trinajstić information content (AvgIpc) is 2.80. The summed E-state index contributed by atoms with van der Waals surface area (Å²) in [4.78, 5) is 44.3. The van der Waals surface area contributed by atoms with Gasteiger partial charge in [0.25, 0.3) is 5.91 Å². The van der Waals surface area contributed by atoms with Gasteiger partial charge in [-0.15, -0.1) is 23.5 Å². The Bertz CT molecular complexity index is 469. The van der Waals surface area contributed by atoms with Crippen LogP contribution in [0.2, 0.25) is 0 Å². The zero-order valence-corrected chi connectivity index (χ0v) is 14.1. The van der Waals surface area contributed by atoms with Gasteiger partial charge < -0.3 is 0 Å². The van der Waals surface area contributed by atoms with Gasteiger partial charge in [-0.3, -0.25) is 24.1 Å². The van der Waals surface area contributed by atoms with E-state index in [1.165, 1.54) is 12.0 Å². The summed E-state index contributed by atoms with van der Waals surface area (Å²) in [6, 6.07) is 0. The molecule has 6 nitrogen and oxygen atoms in total. The molecule has 0 aromatic heterocycles. The van der Waals surface area contributed by atoms with Gasteiger partial charge in [-0.25, -0.2) is 5.48 Å². The maximum atomic E-state index is 12.8. The van der Waals surface area contributed by atoms with Crippen LogP contribution in [0.25, 0.3) is 0 Å². The number of hydroxylamine groups is 1. The molecule has 2 aliphatic heterocycles. The number of carbonyl (C=O) groups is 3. The SMILES string of the molecule is CONC(=O)C1(N2C(=O)C3SCCSC3C2=O)CCCCC1. The number of likely N-dealkylation sites (tertiary alicyclic amines) is 1. The molecule has 3 aliphatic rings. The number of rotatable bonds is 3. The Kier molecular flexibility index (Phi) is 4.70. The molecule has 2 saturated heterocycles. The highest BCUT2D eigenvalue weighted by molar-refractivity contribution is 8.08. The van der Waals surface area contributed by atoms with Crippen molar-refractivity contribution in [1.29, 1.82) is 0 Å². The molecule has 22 heavy (non-hydrogen) atoms. The Morgan fingerprint density at radius 1 is 1.14 bits per heavy atom. The molecule has 2 unspecified atom stereocenters. The quantitative estimate of drug-likeness (QED) is 0.607. The van der Waals surface area contributed by atoms with Gasteiger partial charge in [-0.2, -0.15) is 0 Å². The monoisotopic (exact) mass is 344 g/mol. The van der Waals surface area contributed by atoms with Crippen molar-refractivity contribution in [3.05, 3.63) is 0 Å². The number of nitrogens with zero attached hydrogens (tertiary/aromatic N) is 1. The lowest BCUT2D eigenvalue weighted by Crippen LogP contribution is -2.62. The topological polar surface area (TPSA) is 75.7 Å². The maximum absolute atomic E-state index is 12.8. The summed E-state index contributed by atoms with van der Waals surface area (Å²) >= 11 is 3.08. The van der Waals surface area contributed by atoms with Crippen molar-refractivity contribution in [3.8, 4) is 0 Å². The number of thioether (sulfide) groups is 2. The van der Waals surface area contributed by atoms with E-state index in [1.54, 1.807) is 23.5 Å². The number of nitrogens with one attached hydrogen (secondary N) is 1. The lowest BCUT2D eigenvalue weighted by Gasteiger charge is -2.41. The fourth-order valence-electron chi connectivity index (χ4n) is 3.59. The number of fused-ring (bicyclic) bond motifs is 1. The Hall–Kier alpha value is -0.730. The predicted octanol–water partition coefficient (Wildman–Crippen LogP) is 0.953. The van der Waals surface area contributed by atoms with E-state index < -0.39 is 5.54 Å². The molecule has 2 heterocycles. The minimum atomic E-state index is -1.07. The molecule has 0 aromatic rings. The second-order valence-corrected chi connectivity index (χ2v) is 8.32. The first kappa shape index (κ1) is 16.1. The van der Waals surface area contributed by atoms with E-state index in [2.05, 4.69) is 5.48 Å². The van der Waals surface area contributed by atoms with E-state index in [4.69, 9.17) is 4.84 Å². The van der Waals surface area contributed by atoms with E-state index in [9.17, 15) is 14.4 Å². The third-order valence-electron chi connectivity index (χ3n) is 4.61. The first-order valence-electron chi connectivity index (χ1n) is 7.56. The van der Waals surface area contributed by atoms with Crippen LogP contribution in [0.15, 0.2) is 0 Å². The summed E-state index contributed by atoms with van der Waals surface area (Å²) in [5.41, 5.74) is 1.29. The third-order valence-corrected chi connectivity index (χ3v) is 7.58. The molecule has 8 heteroatoms. The van der Waals surface area contributed by atoms with E-state index in [0.717, 1.165) is 30.8 Å². The Morgan fingerprint density at radius 2 is 1.68 bits per heavy atom. The van der Waals surface area contributed by atoms with Crippen molar-refractivity contribution in [1.82, 2.24) is 10.4 Å². The third kappa shape index (κ3) is 2.45. The molecule has 3 fully saturated rings. The second-order valence-electron chi connectivity index (χ2n) is 5.82. The molecule has 122 valence electrons. The minimum Gasteiger partial charge on any atom is -0.277 e. The zero-order valence-electron chi connectivity index (χ0n) is 12.5. The second kappa shape index (κ2) is 6.41. The van der Waals surface area contributed by atoms with Crippen molar-refractivity contribution in [2.24, 2.45) is 0 Å². The summed E-state index contributed by atoms with van der Waals surface area (Å²) in [5, 5.41) is -0.666. The van der Waals surface area contributed by atoms with Crippen molar-refractivity contribution in [2.45, 2.75) is 48.1 Å². The first-order valence-corrected chi connectivity index (χ1v) is 9.66. The van der Waals surface area contributed by atoms with Crippen molar-refractivity contribution in [2.75, 3.05) is 18.6 Å². The molecule has 2 atom stereocenters. The smallest absolute Gasteiger partial charge is 0.269 e. The fraction of sp³-hybridized carbons (Fsp3) is 0.786. The molecule has 3 amide bonds. The lowest BCUT2D eigenvalue weighted by atomic mass is 9.79. The minimum absolute atomic E-state index is 0.194. The standard InChI is InChI=1S/C14H20N2O4S2/c1-20-15-13(19)14(5-3-2-4-6-14)16-11(17)9-10(12(16)18)22-8-7-21-9/h9-10H,2-8H2,1H3,(H,15,19). The molecule has 3 rings (SSSR count). The number of carbonyl (C=O) groups excluding carboxylic acids is 3. The number of imide groups is 1. The highest BCUT2D eigenvalue weighted by Gasteiger charge is 2.59. The fourth-order valence-corrected chi connectivity index (χ4v) is 6.42. The summed E-state index contributed by atoms with van der Waals surface area (Å²) < 4.78 is 0. The van der Waals surface area contributed by atoms with Crippen LogP contribution in [-0.4, -0.2) is 57.3 Å². The normalized spacial score (nSPS) is 31.0. The van der Waals surface area contributed by atoms with Gasteiger partial charge >= 0.3 is 0 Å². The molecule has 1 saturated carbocycles. The van der Waals surface area contributed by atoms with Gasteiger partial charge in [-0.05, 0) is 12.8 Å². The van der Waals surface area contributed by atoms with Crippen molar-refractivity contribution >= 4 is 41.2 Å². The Labute approximate surface area is 138 Å². The van der Waals surface area contributed by atoms with Gasteiger partial charge in [0, 0.05) is 11.5 Å². The van der Waals surface area contributed by atoms with Crippen LogP contribution in [0.1, 0.15) is 32.1 Å². The van der Waals surface area contributed by atoms with Crippen LogP contribution < -0.4 is 5.48 Å². The largest absolute Gasteiger partial charge is 0.277 e. The van der Waals surface area contributed by atoms with Crippen LogP contribution in [-0.2, 0) is 19.2 Å². The van der Waals surface area contributed by atoms with Gasteiger partial charge in [0.2, 0.25) is 11.8 Å². The maximum Gasteiger partial charge on any atom is 0.269 e. The Balaban J connectivity index is 1.95. The molecule has 0 bridgehead atoms. The van der Waals surface area contributed by atoms with E-state index >= 15 is 0 Å². The molecule has 0 aromatic carbocycles. The van der Waals surface area contributed by atoms with Crippen LogP contribution in [0, 0.1) is 0 Å². The van der Waals surface area contributed by atoms with Crippen LogP contribution in [0.3, 0.4) is 0 Å². The van der Waals surface area contributed by atoms with E-state index in [0.29, 0.717) is 12.8 Å². The van der Waals surface area contributed by atoms with Crippen LogP contribution in [0.5, 0.6) is 0 Å². The van der Waals surface area contributed by atoms with E-state index in [1.807, 2.05) is 0 Å². The molecule has 1 N–H and O–H groups in total. The first-order chi connectivity index (χ1) is 10.6. The summed E-state index contributed by atoms with van der Waals surface area (Å²) in [6.45, 7) is 0. The number of hydrogen-bond donors (Lipinski definition) is 1. The van der Waals surface area contributed by atoms with Gasteiger partial charge in [0.15, 0.2) is 0 Å². The zero-order chi connectivity index (χ0) is 15.7. The van der Waals surface area contributed by atoms with Crippen LogP contribution in [0.4, 0.5) is 0 Å². The van der Waals surface area contributed by atoms with E-state index in [-0.39, 0.29) is 28.2 Å². The Morgan fingerprint density at radius 3 is 2.18 bits per heavy atom. The van der Waals surface area contributed by atoms with Crippen molar-refractivity contribution in [3.63, 3.8) is 0 Å². The number of amides is 3. The summed E-state index contributed by atoms with van der Waals surface area (Å²) in [6.07, 6.45) is 3.74. The summed E-state index contributed by atoms with van der Waals surface area (Å²) in [5.74, 6) is 0.983. The lowest BCUT2D eigenvalue weighted by molar-refractivity contribution is -0.160. The van der Waals surface area contributed by atoms with Gasteiger partial charge in [-0.1, -0.05) is 19.3 Å². The highest BCUT2D eigenvalue weighted by atomic mass is 32.2. The highest BCUT2D eigenvalue weighted by Crippen LogP contribution is 2.44. The van der Waals surface area contributed by atoms with Crippen LogP contribution >= 0.6 is 23.5 Å². The predicted molar refractivity (Wildman–Crippen MR) is 85.3 cm³/mol. The summed E-state index contributed by atoms with van der Waals surface area (Å²) in [7, 11) is 1.37. The molecule has 0 radical (unpaired) electrons. The van der Waals surface area contributed by atoms with Gasteiger partial charge in [0.1, 0.15) is 16.0 Å². The molecular formula is C14H20N2O4S2. The molecule has 1 aliphatic carbocycles.